The fourth-order valence-corrected chi connectivity index (χ4v) is 4.04. The summed E-state index contributed by atoms with van der Waals surface area (Å²) in [5, 5.41) is 2.83. The van der Waals surface area contributed by atoms with Gasteiger partial charge in [-0.15, -0.1) is 0 Å². The Morgan fingerprint density at radius 3 is 2.47 bits per heavy atom. The second-order valence-corrected chi connectivity index (χ2v) is 8.35. The van der Waals surface area contributed by atoms with Crippen molar-refractivity contribution in [3.05, 3.63) is 83.9 Å². The van der Waals surface area contributed by atoms with E-state index in [-0.39, 0.29) is 17.4 Å². The second-order valence-electron chi connectivity index (χ2n) is 8.35. The number of halogens is 2. The number of anilines is 2. The van der Waals surface area contributed by atoms with Crippen molar-refractivity contribution in [3.63, 3.8) is 0 Å². The molecule has 0 unspecified atom stereocenters. The number of nitrogens with zero attached hydrogens (tertiary/aromatic N) is 1. The van der Waals surface area contributed by atoms with E-state index in [0.29, 0.717) is 22.9 Å². The zero-order valence-electron chi connectivity index (χ0n) is 18.3. The second kappa shape index (κ2) is 8.78. The molecule has 34 heavy (non-hydrogen) atoms. The molecule has 174 valence electrons. The van der Waals surface area contributed by atoms with E-state index < -0.39 is 29.7 Å². The van der Waals surface area contributed by atoms with Crippen LogP contribution in [0.2, 0.25) is 0 Å². The third kappa shape index (κ3) is 4.19. The van der Waals surface area contributed by atoms with Crippen molar-refractivity contribution in [1.29, 1.82) is 0 Å². The smallest absolute Gasteiger partial charge is 0.271 e. The monoisotopic (exact) mass is 464 g/mol. The van der Waals surface area contributed by atoms with Gasteiger partial charge in [0.15, 0.2) is 0 Å². The van der Waals surface area contributed by atoms with Gasteiger partial charge in [0.05, 0.1) is 7.11 Å². The van der Waals surface area contributed by atoms with Crippen LogP contribution >= 0.6 is 0 Å². The SMILES string of the molecule is COc1ccc(N2C(=O)[C@H](Oc3cccc(NC(=O)C4CC4)c3)[C@@H]2c2cc(F)ccc2F)cc1. The van der Waals surface area contributed by atoms with Crippen molar-refractivity contribution in [2.75, 3.05) is 17.3 Å². The highest BCUT2D eigenvalue weighted by molar-refractivity contribution is 6.05. The minimum Gasteiger partial charge on any atom is -0.497 e. The third-order valence-corrected chi connectivity index (χ3v) is 5.99. The molecule has 1 saturated heterocycles. The van der Waals surface area contributed by atoms with Crippen LogP contribution in [0.5, 0.6) is 11.5 Å². The van der Waals surface area contributed by atoms with Gasteiger partial charge in [0.25, 0.3) is 5.91 Å². The fourth-order valence-electron chi connectivity index (χ4n) is 4.04. The molecule has 0 aromatic heterocycles. The van der Waals surface area contributed by atoms with Crippen LogP contribution in [0.1, 0.15) is 24.4 Å². The van der Waals surface area contributed by atoms with Gasteiger partial charge in [-0.25, -0.2) is 8.78 Å². The first-order valence-electron chi connectivity index (χ1n) is 10.9. The quantitative estimate of drug-likeness (QED) is 0.508. The first-order chi connectivity index (χ1) is 16.4. The lowest BCUT2D eigenvalue weighted by Gasteiger charge is -2.46. The molecule has 1 aliphatic carbocycles. The van der Waals surface area contributed by atoms with E-state index in [2.05, 4.69) is 5.32 Å². The molecular formula is C26H22F2N2O4. The van der Waals surface area contributed by atoms with Gasteiger partial charge in [-0.1, -0.05) is 6.07 Å². The molecule has 3 aromatic carbocycles. The third-order valence-electron chi connectivity index (χ3n) is 5.99. The van der Waals surface area contributed by atoms with Crippen molar-refractivity contribution in [1.82, 2.24) is 0 Å². The Morgan fingerprint density at radius 2 is 1.76 bits per heavy atom. The molecule has 2 atom stereocenters. The van der Waals surface area contributed by atoms with Gasteiger partial charge in [0.1, 0.15) is 29.2 Å². The molecule has 0 radical (unpaired) electrons. The fraction of sp³-hybridized carbons (Fsp3) is 0.231. The summed E-state index contributed by atoms with van der Waals surface area (Å²) in [6.45, 7) is 0. The van der Waals surface area contributed by atoms with E-state index in [9.17, 15) is 18.4 Å². The van der Waals surface area contributed by atoms with Gasteiger partial charge in [-0.3, -0.25) is 14.5 Å². The normalized spacial score (nSPS) is 19.4. The highest BCUT2D eigenvalue weighted by Crippen LogP contribution is 2.43. The number of rotatable bonds is 7. The number of ether oxygens (including phenoxy) is 2. The Hall–Kier alpha value is -3.94. The maximum atomic E-state index is 14.7. The molecule has 1 aliphatic heterocycles. The predicted molar refractivity (Wildman–Crippen MR) is 122 cm³/mol. The Bertz CT molecular complexity index is 1240. The number of nitrogens with one attached hydrogen (secondary N) is 1. The van der Waals surface area contributed by atoms with E-state index in [1.807, 2.05) is 0 Å². The molecule has 1 heterocycles. The van der Waals surface area contributed by atoms with Crippen molar-refractivity contribution in [3.8, 4) is 11.5 Å². The first kappa shape index (κ1) is 21.9. The van der Waals surface area contributed by atoms with E-state index in [1.54, 1.807) is 48.5 Å². The number of β-lactam (4-membered cyclic amide) rings is 1. The summed E-state index contributed by atoms with van der Waals surface area (Å²) in [7, 11) is 1.53. The molecule has 5 rings (SSSR count). The summed E-state index contributed by atoms with van der Waals surface area (Å²) in [6, 6.07) is 15.6. The number of carbonyl (C=O) groups is 2. The highest BCUT2D eigenvalue weighted by Gasteiger charge is 2.52. The van der Waals surface area contributed by atoms with Crippen LogP contribution in [-0.4, -0.2) is 25.0 Å². The van der Waals surface area contributed by atoms with E-state index in [0.717, 1.165) is 31.0 Å². The number of amides is 2. The van der Waals surface area contributed by atoms with Crippen LogP contribution in [-0.2, 0) is 9.59 Å². The summed E-state index contributed by atoms with van der Waals surface area (Å²) >= 11 is 0. The molecule has 0 bridgehead atoms. The Morgan fingerprint density at radius 1 is 1.00 bits per heavy atom. The van der Waals surface area contributed by atoms with E-state index in [4.69, 9.17) is 9.47 Å². The maximum Gasteiger partial charge on any atom is 0.271 e. The van der Waals surface area contributed by atoms with Gasteiger partial charge >= 0.3 is 0 Å². The summed E-state index contributed by atoms with van der Waals surface area (Å²) < 4.78 is 39.9. The van der Waals surface area contributed by atoms with Gasteiger partial charge in [0.2, 0.25) is 12.0 Å². The van der Waals surface area contributed by atoms with Crippen LogP contribution in [0.3, 0.4) is 0 Å². The molecule has 0 spiro atoms. The number of hydrogen-bond donors (Lipinski definition) is 1. The Kier molecular flexibility index (Phi) is 5.65. The minimum absolute atomic E-state index is 0.0126. The summed E-state index contributed by atoms with van der Waals surface area (Å²) in [4.78, 5) is 26.6. The molecule has 2 fully saturated rings. The van der Waals surface area contributed by atoms with Gasteiger partial charge in [0, 0.05) is 28.9 Å². The Balaban J connectivity index is 1.44. The largest absolute Gasteiger partial charge is 0.497 e. The van der Waals surface area contributed by atoms with Crippen molar-refractivity contribution >= 4 is 23.2 Å². The van der Waals surface area contributed by atoms with Crippen molar-refractivity contribution < 1.29 is 27.8 Å². The first-order valence-corrected chi connectivity index (χ1v) is 10.9. The van der Waals surface area contributed by atoms with Gasteiger partial charge < -0.3 is 14.8 Å². The number of carbonyl (C=O) groups excluding carboxylic acids is 2. The minimum atomic E-state index is -1.08. The molecule has 1 saturated carbocycles. The van der Waals surface area contributed by atoms with Crippen LogP contribution in [0.25, 0.3) is 0 Å². The zero-order chi connectivity index (χ0) is 23.8. The highest BCUT2D eigenvalue weighted by atomic mass is 19.1. The van der Waals surface area contributed by atoms with E-state index >= 15 is 0 Å². The van der Waals surface area contributed by atoms with Crippen molar-refractivity contribution in [2.45, 2.75) is 25.0 Å². The summed E-state index contributed by atoms with van der Waals surface area (Å²) in [5.74, 6) is -0.735. The van der Waals surface area contributed by atoms with Crippen LogP contribution in [0.4, 0.5) is 20.2 Å². The van der Waals surface area contributed by atoms with Crippen LogP contribution in [0, 0.1) is 17.6 Å². The summed E-state index contributed by atoms with van der Waals surface area (Å²) in [6.07, 6.45) is 0.675. The standard InChI is InChI=1S/C26H22F2N2O4/c1-33-19-10-8-18(9-11-19)30-23(21-13-16(27)7-12-22(21)28)24(26(30)32)34-20-4-2-3-17(14-20)29-25(31)15-5-6-15/h2-4,7-15,23-24H,5-6H2,1H3,(H,29,31)/t23-,24+/m0/s1. The summed E-state index contributed by atoms with van der Waals surface area (Å²) in [5.41, 5.74) is 1.06. The number of benzene rings is 3. The molecule has 1 N–H and O–H groups in total. The molecule has 2 aliphatic rings. The van der Waals surface area contributed by atoms with Crippen LogP contribution in [0.15, 0.2) is 66.7 Å². The topological polar surface area (TPSA) is 67.9 Å². The molecule has 6 nitrogen and oxygen atoms in total. The predicted octanol–water partition coefficient (Wildman–Crippen LogP) is 4.86. The van der Waals surface area contributed by atoms with E-state index in [1.165, 1.54) is 12.0 Å². The lowest BCUT2D eigenvalue weighted by atomic mass is 9.89. The Labute approximate surface area is 195 Å². The zero-order valence-corrected chi connectivity index (χ0v) is 18.3. The lowest BCUT2D eigenvalue weighted by Crippen LogP contribution is -2.62. The molecule has 3 aromatic rings. The molecular weight excluding hydrogens is 442 g/mol. The van der Waals surface area contributed by atoms with Crippen molar-refractivity contribution in [2.24, 2.45) is 5.92 Å². The maximum absolute atomic E-state index is 14.7. The van der Waals surface area contributed by atoms with Gasteiger partial charge in [-0.2, -0.15) is 0 Å². The average Bonchev–Trinajstić information content (AvgIpc) is 3.69. The lowest BCUT2D eigenvalue weighted by molar-refractivity contribution is -0.135. The number of hydrogen-bond acceptors (Lipinski definition) is 4. The number of methoxy groups -OCH3 is 1. The molecule has 2 amide bonds. The van der Waals surface area contributed by atoms with Crippen LogP contribution < -0.4 is 19.7 Å². The average molecular weight is 464 g/mol. The van der Waals surface area contributed by atoms with Gasteiger partial charge in [-0.05, 0) is 67.4 Å². The molecule has 8 heteroatoms.